The Morgan fingerprint density at radius 2 is 0.684 bits per heavy atom. The third kappa shape index (κ3) is 4.62. The zero-order valence-electron chi connectivity index (χ0n) is 32.0. The highest BCUT2D eigenvalue weighted by atomic mass is 14.4. The molecule has 0 unspecified atom stereocenters. The molecule has 0 atom stereocenters. The van der Waals surface area contributed by atoms with E-state index >= 15 is 0 Å². The topological polar surface area (TPSA) is 0 Å². The molecule has 0 nitrogen and oxygen atoms in total. The van der Waals surface area contributed by atoms with Crippen molar-refractivity contribution in [1.82, 2.24) is 0 Å². The molecule has 0 amide bonds. The van der Waals surface area contributed by atoms with Crippen molar-refractivity contribution >= 4 is 64.6 Å². The van der Waals surface area contributed by atoms with E-state index < -0.39 is 0 Å². The Hall–Kier alpha value is -7.02. The van der Waals surface area contributed by atoms with Crippen LogP contribution in [0.2, 0.25) is 0 Å². The first kappa shape index (κ1) is 32.2. The van der Waals surface area contributed by atoms with E-state index in [-0.39, 0.29) is 5.41 Å². The maximum atomic E-state index is 2.50. The molecule has 0 heterocycles. The average Bonchev–Trinajstić information content (AvgIpc) is 3.49. The summed E-state index contributed by atoms with van der Waals surface area (Å²) in [5.41, 5.74) is 12.9. The number of fused-ring (bicyclic) bond motifs is 12. The number of benzene rings is 11. The number of hydrogen-bond donors (Lipinski definition) is 0. The summed E-state index contributed by atoms with van der Waals surface area (Å²) in [7, 11) is 0. The third-order valence-corrected chi connectivity index (χ3v) is 13.0. The predicted octanol–water partition coefficient (Wildman–Crippen LogP) is 15.9. The molecule has 1 aliphatic rings. The molecule has 12 rings (SSSR count). The third-order valence-electron chi connectivity index (χ3n) is 13.0. The summed E-state index contributed by atoms with van der Waals surface area (Å²) in [6.07, 6.45) is 0. The zero-order chi connectivity index (χ0) is 37.8. The molecule has 0 radical (unpaired) electrons. The molecule has 0 aliphatic heterocycles. The lowest BCUT2D eigenvalue weighted by Gasteiger charge is -2.23. The zero-order valence-corrected chi connectivity index (χ0v) is 32.0. The largest absolute Gasteiger partial charge is 0.0616 e. The van der Waals surface area contributed by atoms with Crippen LogP contribution in [0.4, 0.5) is 0 Å². The molecular weight excluding hydrogens is 685 g/mol. The first-order chi connectivity index (χ1) is 28.0. The molecule has 0 aromatic heterocycles. The maximum absolute atomic E-state index is 2.50. The van der Waals surface area contributed by atoms with E-state index in [1.54, 1.807) is 0 Å². The van der Waals surface area contributed by atoms with Crippen molar-refractivity contribution in [2.24, 2.45) is 0 Å². The van der Waals surface area contributed by atoms with Crippen molar-refractivity contribution < 1.29 is 0 Å². The summed E-state index contributed by atoms with van der Waals surface area (Å²) in [4.78, 5) is 0. The minimum Gasteiger partial charge on any atom is -0.0616 e. The van der Waals surface area contributed by atoms with Crippen LogP contribution in [0.1, 0.15) is 25.0 Å². The molecular formula is C57H38. The van der Waals surface area contributed by atoms with Crippen molar-refractivity contribution in [3.63, 3.8) is 0 Å². The van der Waals surface area contributed by atoms with Crippen LogP contribution in [0.15, 0.2) is 194 Å². The molecule has 0 spiro atoms. The van der Waals surface area contributed by atoms with Crippen LogP contribution in [-0.4, -0.2) is 0 Å². The van der Waals surface area contributed by atoms with Crippen molar-refractivity contribution in [3.8, 4) is 44.5 Å². The Morgan fingerprint density at radius 1 is 0.263 bits per heavy atom. The van der Waals surface area contributed by atoms with E-state index in [9.17, 15) is 0 Å². The van der Waals surface area contributed by atoms with E-state index in [1.165, 1.54) is 120 Å². The highest BCUT2D eigenvalue weighted by molar-refractivity contribution is 6.26. The summed E-state index contributed by atoms with van der Waals surface area (Å²) >= 11 is 0. The van der Waals surface area contributed by atoms with Crippen molar-refractivity contribution in [2.45, 2.75) is 19.3 Å². The Labute approximate surface area is 332 Å². The smallest absolute Gasteiger partial charge is 0.0159 e. The quantitative estimate of drug-likeness (QED) is 0.126. The summed E-state index contributed by atoms with van der Waals surface area (Å²) in [5, 5.41) is 15.6. The molecule has 0 saturated heterocycles. The van der Waals surface area contributed by atoms with Gasteiger partial charge in [0.1, 0.15) is 0 Å². The number of rotatable bonds is 3. The van der Waals surface area contributed by atoms with Gasteiger partial charge in [0, 0.05) is 5.41 Å². The second-order valence-corrected chi connectivity index (χ2v) is 16.4. The van der Waals surface area contributed by atoms with Gasteiger partial charge in [0.15, 0.2) is 0 Å². The molecule has 11 aromatic carbocycles. The Balaban J connectivity index is 1.04. The molecule has 57 heavy (non-hydrogen) atoms. The van der Waals surface area contributed by atoms with Crippen LogP contribution in [0.5, 0.6) is 0 Å². The fourth-order valence-corrected chi connectivity index (χ4v) is 10.3. The van der Waals surface area contributed by atoms with Crippen LogP contribution in [0, 0.1) is 0 Å². The van der Waals surface area contributed by atoms with Gasteiger partial charge in [-0.2, -0.15) is 0 Å². The van der Waals surface area contributed by atoms with Crippen LogP contribution >= 0.6 is 0 Å². The monoisotopic (exact) mass is 722 g/mol. The van der Waals surface area contributed by atoms with Crippen molar-refractivity contribution in [2.75, 3.05) is 0 Å². The summed E-state index contributed by atoms with van der Waals surface area (Å²) in [6, 6.07) is 72.6. The second kappa shape index (κ2) is 12.0. The summed E-state index contributed by atoms with van der Waals surface area (Å²) in [6.45, 7) is 4.83. The molecule has 1 aliphatic carbocycles. The average molecular weight is 723 g/mol. The van der Waals surface area contributed by atoms with E-state index in [1.807, 2.05) is 0 Å². The van der Waals surface area contributed by atoms with Gasteiger partial charge in [-0.3, -0.25) is 0 Å². The summed E-state index contributed by atoms with van der Waals surface area (Å²) < 4.78 is 0. The van der Waals surface area contributed by atoms with Gasteiger partial charge in [-0.05, 0) is 138 Å². The van der Waals surface area contributed by atoms with Crippen LogP contribution in [0.25, 0.3) is 109 Å². The van der Waals surface area contributed by atoms with Gasteiger partial charge in [0.2, 0.25) is 0 Å². The van der Waals surface area contributed by atoms with Gasteiger partial charge in [0.05, 0.1) is 0 Å². The molecule has 0 saturated carbocycles. The normalized spacial score (nSPS) is 13.2. The second-order valence-electron chi connectivity index (χ2n) is 16.4. The van der Waals surface area contributed by atoms with E-state index in [0.29, 0.717) is 0 Å². The highest BCUT2D eigenvalue weighted by Gasteiger charge is 2.36. The minimum absolute atomic E-state index is 0.168. The number of hydrogen-bond acceptors (Lipinski definition) is 0. The van der Waals surface area contributed by atoms with Gasteiger partial charge in [-0.1, -0.05) is 190 Å². The maximum Gasteiger partial charge on any atom is 0.0159 e. The van der Waals surface area contributed by atoms with Gasteiger partial charge in [0.25, 0.3) is 0 Å². The lowest BCUT2D eigenvalue weighted by atomic mass is 9.79. The fraction of sp³-hybridized carbons (Fsp3) is 0.0526. The van der Waals surface area contributed by atoms with Crippen molar-refractivity contribution in [1.29, 1.82) is 0 Å². The van der Waals surface area contributed by atoms with E-state index in [2.05, 4.69) is 208 Å². The lowest BCUT2D eigenvalue weighted by Crippen LogP contribution is -2.15. The van der Waals surface area contributed by atoms with Gasteiger partial charge in [-0.15, -0.1) is 0 Å². The first-order valence-corrected chi connectivity index (χ1v) is 20.1. The van der Waals surface area contributed by atoms with Crippen molar-refractivity contribution in [3.05, 3.63) is 205 Å². The van der Waals surface area contributed by atoms with Gasteiger partial charge in [-0.25, -0.2) is 0 Å². The summed E-state index contributed by atoms with van der Waals surface area (Å²) in [5.74, 6) is 0. The van der Waals surface area contributed by atoms with Crippen LogP contribution < -0.4 is 0 Å². The molecule has 266 valence electrons. The van der Waals surface area contributed by atoms with E-state index in [4.69, 9.17) is 0 Å². The Morgan fingerprint density at radius 3 is 1.28 bits per heavy atom. The molecule has 0 heteroatoms. The van der Waals surface area contributed by atoms with Crippen LogP contribution in [0.3, 0.4) is 0 Å². The highest BCUT2D eigenvalue weighted by Crippen LogP contribution is 2.53. The van der Waals surface area contributed by atoms with Gasteiger partial charge < -0.3 is 0 Å². The SMILES string of the molecule is CC1(C)c2cc(-c3c4ccccc4c(-c4ccc(-c5cccc6ccccc56)cc4)c4ccccc34)ccc2-c2cc3c4ccccc4c4ccccc4c3cc21. The molecule has 0 bridgehead atoms. The standard InChI is InChI=1S/C57H38/c1-57(2)53-32-38(30-31-45(53)52-33-50-43-19-7-5-17-41(43)42-18-6-8-20-44(42)51(50)34-54(52)57)56-48-23-11-9-21-46(48)55(47-22-10-12-24-49(47)56)37-28-26-36(27-29-37)40-25-13-15-35-14-3-4-16-39(35)40/h3-34H,1-2H3. The lowest BCUT2D eigenvalue weighted by molar-refractivity contribution is 0.661. The fourth-order valence-electron chi connectivity index (χ4n) is 10.3. The van der Waals surface area contributed by atoms with E-state index in [0.717, 1.165) is 0 Å². The Kier molecular flexibility index (Phi) is 6.78. The molecule has 0 N–H and O–H groups in total. The Bertz CT molecular complexity index is 3410. The van der Waals surface area contributed by atoms with Gasteiger partial charge >= 0.3 is 0 Å². The van der Waals surface area contributed by atoms with Crippen LogP contribution in [-0.2, 0) is 5.41 Å². The molecule has 11 aromatic rings. The minimum atomic E-state index is -0.168. The molecule has 0 fully saturated rings. The predicted molar refractivity (Wildman–Crippen MR) is 245 cm³/mol. The first-order valence-electron chi connectivity index (χ1n) is 20.1.